The van der Waals surface area contributed by atoms with Crippen LogP contribution < -0.4 is 14.5 Å². The van der Waals surface area contributed by atoms with E-state index in [4.69, 9.17) is 18.9 Å². The Bertz CT molecular complexity index is 2830. The number of nitrogens with zero attached hydrogens (tertiary/aromatic N) is 6. The van der Waals surface area contributed by atoms with Crippen molar-refractivity contribution in [1.29, 1.82) is 0 Å². The maximum atomic E-state index is 16.7. The number of methoxy groups -OCH3 is 1. The first-order valence-corrected chi connectivity index (χ1v) is 24.8. The average Bonchev–Trinajstić information content (AvgIpc) is 3.75. The van der Waals surface area contributed by atoms with E-state index in [2.05, 4.69) is 21.8 Å². The van der Waals surface area contributed by atoms with E-state index in [0.717, 1.165) is 36.1 Å². The molecule has 72 heavy (non-hydrogen) atoms. The number of para-hydroxylation sites is 1. The Labute approximate surface area is 418 Å². The standard InChI is InChI=1S/C56H58N6O10/c1-69-35-36-71-54(67)61-43-22-21-38(23-26-55(68)24-12-2-3-13-25-55)37-42(43)56(52(61)66)45(50(64)59-29-31-60(32-30-59)53-57-27-14-28-58-53)47-51(65)72-48(40-17-8-5-9-18-40)46(39-15-6-4-7-16-39)62(47)49(56)41-19-10-11-20-44(41)70-34-33-63/h4-11,14-22,27-28,37,45-49,63,68H,2-3,12-13,24-25,29-36H2,1H3. The van der Waals surface area contributed by atoms with Crippen LogP contribution in [0, 0.1) is 17.8 Å². The van der Waals surface area contributed by atoms with Gasteiger partial charge in [0.25, 0.3) is 0 Å². The molecule has 1 aliphatic carbocycles. The van der Waals surface area contributed by atoms with E-state index in [-0.39, 0.29) is 50.8 Å². The molecular formula is C56H58N6O10. The van der Waals surface area contributed by atoms with E-state index in [9.17, 15) is 15.0 Å². The van der Waals surface area contributed by atoms with Gasteiger partial charge in [0.1, 0.15) is 42.1 Å². The summed E-state index contributed by atoms with van der Waals surface area (Å²) in [6.07, 6.45) is 6.01. The molecule has 0 bridgehead atoms. The van der Waals surface area contributed by atoms with Gasteiger partial charge in [-0.25, -0.2) is 19.7 Å². The number of aliphatic hydroxyl groups excluding tert-OH is 1. The molecule has 3 amide bonds. The van der Waals surface area contributed by atoms with Crippen molar-refractivity contribution in [2.45, 2.75) is 73.8 Å². The summed E-state index contributed by atoms with van der Waals surface area (Å²) in [5.41, 5.74) is -0.674. The van der Waals surface area contributed by atoms with Crippen LogP contribution in [0.1, 0.15) is 84.5 Å². The van der Waals surface area contributed by atoms with Crippen molar-refractivity contribution in [1.82, 2.24) is 19.8 Å². The molecule has 6 atom stereocenters. The number of cyclic esters (lactones) is 1. The van der Waals surface area contributed by atoms with Gasteiger partial charge >= 0.3 is 12.1 Å². The number of amides is 3. The average molecular weight is 975 g/mol. The van der Waals surface area contributed by atoms with Crippen molar-refractivity contribution < 1.29 is 48.3 Å². The first-order valence-electron chi connectivity index (χ1n) is 24.8. The maximum Gasteiger partial charge on any atom is 0.421 e. The molecule has 1 aromatic heterocycles. The summed E-state index contributed by atoms with van der Waals surface area (Å²) < 4.78 is 24.0. The smallest absolute Gasteiger partial charge is 0.421 e. The van der Waals surface area contributed by atoms with Crippen molar-refractivity contribution in [3.05, 3.63) is 149 Å². The number of aliphatic hydroxyl groups is 2. The fourth-order valence-corrected chi connectivity index (χ4v) is 11.6. The highest BCUT2D eigenvalue weighted by molar-refractivity contribution is 6.23. The van der Waals surface area contributed by atoms with Crippen LogP contribution in [0.3, 0.4) is 0 Å². The molecule has 16 nitrogen and oxygen atoms in total. The zero-order valence-electron chi connectivity index (χ0n) is 40.2. The largest absolute Gasteiger partial charge is 0.491 e. The van der Waals surface area contributed by atoms with E-state index in [1.165, 1.54) is 7.11 Å². The van der Waals surface area contributed by atoms with Crippen molar-refractivity contribution in [2.75, 3.05) is 69.5 Å². The summed E-state index contributed by atoms with van der Waals surface area (Å²) in [6, 6.07) is 29.3. The number of hydrogen-bond acceptors (Lipinski definition) is 14. The van der Waals surface area contributed by atoms with Gasteiger partial charge in [-0.2, -0.15) is 0 Å². The van der Waals surface area contributed by atoms with Gasteiger partial charge in [0.2, 0.25) is 17.8 Å². The van der Waals surface area contributed by atoms with Crippen molar-refractivity contribution in [2.24, 2.45) is 5.92 Å². The molecule has 16 heteroatoms. The fraction of sp³-hybridized carbons (Fsp3) is 0.393. The first-order chi connectivity index (χ1) is 35.2. The maximum absolute atomic E-state index is 16.7. The number of hydrogen-bond donors (Lipinski definition) is 2. The Hall–Kier alpha value is -7.16. The minimum absolute atomic E-state index is 0.0455. The summed E-state index contributed by atoms with van der Waals surface area (Å²) in [5.74, 6) is 3.64. The lowest BCUT2D eigenvalue weighted by molar-refractivity contribution is -0.179. The second kappa shape index (κ2) is 20.9. The van der Waals surface area contributed by atoms with Gasteiger partial charge in [0.05, 0.1) is 36.9 Å². The van der Waals surface area contributed by atoms with Gasteiger partial charge in [-0.15, -0.1) is 0 Å². The number of fused-ring (bicyclic) bond motifs is 3. The highest BCUT2D eigenvalue weighted by atomic mass is 16.6. The predicted octanol–water partition coefficient (Wildman–Crippen LogP) is 6.08. The summed E-state index contributed by atoms with van der Waals surface area (Å²) in [6.45, 7) is 0.503. The third-order valence-electron chi connectivity index (χ3n) is 14.8. The second-order valence-corrected chi connectivity index (χ2v) is 18.9. The summed E-state index contributed by atoms with van der Waals surface area (Å²) in [5, 5.41) is 21.9. The number of imide groups is 1. The normalized spacial score (nSPS) is 24.7. The van der Waals surface area contributed by atoms with E-state index in [1.807, 2.05) is 70.5 Å². The SMILES string of the molecule is COCCOC(=O)N1C(=O)C2(c3cc(C#CC4(O)CCCCCC4)ccc31)C(C(=O)N1CCN(c3ncccn3)CC1)C1C(=O)OC(c3ccccc3)C(c3ccccc3)N1C2c1ccccc1OCCO. The highest BCUT2D eigenvalue weighted by Crippen LogP contribution is 2.67. The number of morpholine rings is 1. The molecule has 372 valence electrons. The molecule has 4 aliphatic heterocycles. The number of aromatic nitrogens is 2. The second-order valence-electron chi connectivity index (χ2n) is 18.9. The zero-order valence-corrected chi connectivity index (χ0v) is 40.2. The predicted molar refractivity (Wildman–Crippen MR) is 265 cm³/mol. The topological polar surface area (TPSA) is 184 Å². The molecule has 3 saturated heterocycles. The molecule has 1 saturated carbocycles. The Morgan fingerprint density at radius 3 is 2.17 bits per heavy atom. The van der Waals surface area contributed by atoms with Gasteiger partial charge in [0.15, 0.2) is 0 Å². The Kier molecular flexibility index (Phi) is 14.1. The summed E-state index contributed by atoms with van der Waals surface area (Å²) >= 11 is 0. The number of esters is 1. The van der Waals surface area contributed by atoms with Crippen molar-refractivity contribution >= 4 is 35.5 Å². The fourth-order valence-electron chi connectivity index (χ4n) is 11.6. The highest BCUT2D eigenvalue weighted by Gasteiger charge is 2.76. The molecule has 6 unspecified atom stereocenters. The molecule has 4 fully saturated rings. The molecule has 5 aromatic rings. The number of ether oxygens (including phenoxy) is 4. The minimum atomic E-state index is -2.11. The number of benzene rings is 4. The third kappa shape index (κ3) is 8.84. The zero-order chi connectivity index (χ0) is 49.8. The van der Waals surface area contributed by atoms with Gasteiger partial charge < -0.3 is 39.0 Å². The van der Waals surface area contributed by atoms with Crippen LogP contribution in [0.4, 0.5) is 16.4 Å². The van der Waals surface area contributed by atoms with Crippen LogP contribution in [0.15, 0.2) is 122 Å². The molecule has 4 aromatic carbocycles. The Morgan fingerprint density at radius 1 is 0.792 bits per heavy atom. The summed E-state index contributed by atoms with van der Waals surface area (Å²) in [7, 11) is 1.47. The molecular weight excluding hydrogens is 917 g/mol. The molecule has 0 radical (unpaired) electrons. The lowest BCUT2D eigenvalue weighted by atomic mass is 9.64. The number of anilines is 2. The van der Waals surface area contributed by atoms with E-state index in [1.54, 1.807) is 65.8 Å². The van der Waals surface area contributed by atoms with Crippen LogP contribution in [0.5, 0.6) is 5.75 Å². The third-order valence-corrected chi connectivity index (χ3v) is 14.8. The summed E-state index contributed by atoms with van der Waals surface area (Å²) in [4.78, 5) is 79.0. The minimum Gasteiger partial charge on any atom is -0.491 e. The lowest BCUT2D eigenvalue weighted by Crippen LogP contribution is -2.59. The Morgan fingerprint density at radius 2 is 1.47 bits per heavy atom. The Balaban J connectivity index is 1.25. The van der Waals surface area contributed by atoms with Gasteiger partial charge in [-0.05, 0) is 72.7 Å². The van der Waals surface area contributed by atoms with Crippen LogP contribution in [0.2, 0.25) is 0 Å². The molecule has 1 spiro atoms. The molecule has 5 heterocycles. The van der Waals surface area contributed by atoms with Crippen LogP contribution in [0.25, 0.3) is 0 Å². The van der Waals surface area contributed by atoms with Gasteiger partial charge in [0, 0.05) is 56.8 Å². The van der Waals surface area contributed by atoms with Gasteiger partial charge in [-0.3, -0.25) is 19.3 Å². The van der Waals surface area contributed by atoms with Gasteiger partial charge in [-0.1, -0.05) is 104 Å². The monoisotopic (exact) mass is 974 g/mol. The van der Waals surface area contributed by atoms with Crippen molar-refractivity contribution in [3.8, 4) is 17.6 Å². The number of piperazine rings is 1. The van der Waals surface area contributed by atoms with Crippen LogP contribution in [-0.4, -0.2) is 125 Å². The lowest BCUT2D eigenvalue weighted by Gasteiger charge is -2.46. The number of rotatable bonds is 11. The molecule has 2 N–H and O–H groups in total. The van der Waals surface area contributed by atoms with E-state index < -0.39 is 65.0 Å². The van der Waals surface area contributed by atoms with Crippen molar-refractivity contribution in [3.63, 3.8) is 0 Å². The number of carbonyl (C=O) groups excluding carboxylic acids is 4. The van der Waals surface area contributed by atoms with Crippen LogP contribution >= 0.6 is 0 Å². The van der Waals surface area contributed by atoms with Crippen LogP contribution in [-0.2, 0) is 34.0 Å². The molecule has 10 rings (SSSR count). The van der Waals surface area contributed by atoms with E-state index >= 15 is 14.4 Å². The molecule has 5 aliphatic rings. The number of carbonyl (C=O) groups is 4. The first kappa shape index (κ1) is 48.5. The van der Waals surface area contributed by atoms with E-state index in [0.29, 0.717) is 54.3 Å². The quantitative estimate of drug-likeness (QED) is 0.0672.